The number of aliphatic imine (C=N–C) groups is 1. The number of benzene rings is 1. The summed E-state index contributed by atoms with van der Waals surface area (Å²) < 4.78 is 7.09. The Balaban J connectivity index is 1.87. The molecule has 2 aromatic rings. The Morgan fingerprint density at radius 2 is 2.17 bits per heavy atom. The van der Waals surface area contributed by atoms with Gasteiger partial charge in [0.2, 0.25) is 6.08 Å². The van der Waals surface area contributed by atoms with Gasteiger partial charge in [0.15, 0.2) is 25.5 Å². The molecule has 6 heteroatoms. The van der Waals surface area contributed by atoms with E-state index in [2.05, 4.69) is 10.3 Å². The summed E-state index contributed by atoms with van der Waals surface area (Å²) in [5.41, 5.74) is 2.94. The van der Waals surface area contributed by atoms with Gasteiger partial charge in [0.05, 0.1) is 5.69 Å². The van der Waals surface area contributed by atoms with E-state index in [1.54, 1.807) is 18.2 Å². The number of carbonyl (C=O) groups excluding carboxylic acids is 2. The SMILES string of the molecule is Cc1ccc[n+](CCOC(=O)Nc2ccc(C)c(N=C=O)c2)c1. The molecule has 0 radical (unpaired) electrons. The first kappa shape index (κ1) is 16.4. The fourth-order valence-electron chi connectivity index (χ4n) is 2.05. The number of aromatic nitrogens is 1. The molecule has 0 saturated heterocycles. The summed E-state index contributed by atoms with van der Waals surface area (Å²) in [5.74, 6) is 0. The van der Waals surface area contributed by atoms with Gasteiger partial charge in [0.25, 0.3) is 0 Å². The van der Waals surface area contributed by atoms with Crippen LogP contribution in [0.4, 0.5) is 16.2 Å². The second kappa shape index (κ2) is 7.87. The smallest absolute Gasteiger partial charge is 0.411 e. The average Bonchev–Trinajstić information content (AvgIpc) is 2.51. The predicted octanol–water partition coefficient (Wildman–Crippen LogP) is 2.81. The molecule has 6 nitrogen and oxygen atoms in total. The minimum Gasteiger partial charge on any atom is -0.443 e. The number of ether oxygens (including phenoxy) is 1. The van der Waals surface area contributed by atoms with Crippen molar-refractivity contribution in [3.8, 4) is 0 Å². The fraction of sp³-hybridized carbons (Fsp3) is 0.235. The lowest BCUT2D eigenvalue weighted by molar-refractivity contribution is -0.698. The van der Waals surface area contributed by atoms with E-state index in [1.165, 1.54) is 6.08 Å². The number of rotatable bonds is 5. The quantitative estimate of drug-likeness (QED) is 0.524. The Kier molecular flexibility index (Phi) is 5.61. The zero-order chi connectivity index (χ0) is 16.7. The van der Waals surface area contributed by atoms with Crippen LogP contribution in [0.3, 0.4) is 0 Å². The molecule has 1 N–H and O–H groups in total. The van der Waals surface area contributed by atoms with Gasteiger partial charge in [-0.05, 0) is 37.6 Å². The van der Waals surface area contributed by atoms with E-state index in [0.29, 0.717) is 17.9 Å². The molecule has 1 amide bonds. The predicted molar refractivity (Wildman–Crippen MR) is 85.3 cm³/mol. The van der Waals surface area contributed by atoms with Crippen molar-refractivity contribution in [3.05, 3.63) is 53.9 Å². The van der Waals surface area contributed by atoms with Crippen molar-refractivity contribution in [1.82, 2.24) is 0 Å². The van der Waals surface area contributed by atoms with Gasteiger partial charge in [-0.3, -0.25) is 5.32 Å². The molecule has 0 aliphatic carbocycles. The number of aryl methyl sites for hydroxylation is 2. The van der Waals surface area contributed by atoms with E-state index >= 15 is 0 Å². The Labute approximate surface area is 134 Å². The molecule has 23 heavy (non-hydrogen) atoms. The number of hydrogen-bond donors (Lipinski definition) is 1. The highest BCUT2D eigenvalue weighted by Gasteiger charge is 2.07. The van der Waals surface area contributed by atoms with Crippen LogP contribution < -0.4 is 9.88 Å². The molecule has 1 aromatic carbocycles. The first-order valence-corrected chi connectivity index (χ1v) is 7.16. The zero-order valence-electron chi connectivity index (χ0n) is 13.1. The topological polar surface area (TPSA) is 71.6 Å². The zero-order valence-corrected chi connectivity index (χ0v) is 13.1. The fourth-order valence-corrected chi connectivity index (χ4v) is 2.05. The number of amides is 1. The monoisotopic (exact) mass is 312 g/mol. The molecule has 0 saturated carbocycles. The third-order valence-corrected chi connectivity index (χ3v) is 3.21. The summed E-state index contributed by atoms with van der Waals surface area (Å²) in [7, 11) is 0. The largest absolute Gasteiger partial charge is 0.443 e. The van der Waals surface area contributed by atoms with Gasteiger partial charge < -0.3 is 4.74 Å². The molecule has 0 unspecified atom stereocenters. The second-order valence-electron chi connectivity index (χ2n) is 5.08. The van der Waals surface area contributed by atoms with Crippen LogP contribution >= 0.6 is 0 Å². The number of nitrogens with one attached hydrogen (secondary N) is 1. The van der Waals surface area contributed by atoms with Crippen LogP contribution in [0.1, 0.15) is 11.1 Å². The van der Waals surface area contributed by atoms with E-state index in [0.717, 1.165) is 11.1 Å². The third kappa shape index (κ3) is 5.05. The number of pyridine rings is 1. The molecule has 1 heterocycles. The van der Waals surface area contributed by atoms with Crippen molar-refractivity contribution in [3.63, 3.8) is 0 Å². The van der Waals surface area contributed by atoms with Crippen molar-refractivity contribution < 1.29 is 18.9 Å². The maximum absolute atomic E-state index is 11.8. The molecular weight excluding hydrogens is 294 g/mol. The Morgan fingerprint density at radius 1 is 1.35 bits per heavy atom. The molecule has 0 spiro atoms. The highest BCUT2D eigenvalue weighted by molar-refractivity contribution is 5.85. The van der Waals surface area contributed by atoms with Crippen molar-refractivity contribution in [2.75, 3.05) is 11.9 Å². The summed E-state index contributed by atoms with van der Waals surface area (Å²) in [5, 5.41) is 2.61. The third-order valence-electron chi connectivity index (χ3n) is 3.21. The lowest BCUT2D eigenvalue weighted by Gasteiger charge is -2.07. The lowest BCUT2D eigenvalue weighted by atomic mass is 10.2. The molecular formula is C17H18N3O3+. The first-order chi connectivity index (χ1) is 11.1. The number of isocyanates is 1. The number of carbonyl (C=O) groups is 1. The normalized spacial score (nSPS) is 9.83. The molecule has 118 valence electrons. The van der Waals surface area contributed by atoms with Crippen LogP contribution in [-0.2, 0) is 16.1 Å². The molecule has 0 bridgehead atoms. The van der Waals surface area contributed by atoms with Gasteiger partial charge in [-0.1, -0.05) is 6.07 Å². The van der Waals surface area contributed by atoms with E-state index in [1.807, 2.05) is 42.9 Å². The highest BCUT2D eigenvalue weighted by atomic mass is 16.5. The van der Waals surface area contributed by atoms with Crippen LogP contribution in [0.2, 0.25) is 0 Å². The summed E-state index contributed by atoms with van der Waals surface area (Å²) in [6.07, 6.45) is 4.83. The number of nitrogens with zero attached hydrogens (tertiary/aromatic N) is 2. The molecule has 0 fully saturated rings. The van der Waals surface area contributed by atoms with Gasteiger partial charge in [0, 0.05) is 17.3 Å². The molecule has 0 atom stereocenters. The van der Waals surface area contributed by atoms with Crippen molar-refractivity contribution in [2.45, 2.75) is 20.4 Å². The summed E-state index contributed by atoms with van der Waals surface area (Å²) in [6.45, 7) is 4.65. The van der Waals surface area contributed by atoms with Crippen LogP contribution in [0.5, 0.6) is 0 Å². The summed E-state index contributed by atoms with van der Waals surface area (Å²) in [4.78, 5) is 25.7. The minimum absolute atomic E-state index is 0.255. The molecule has 2 rings (SSSR count). The van der Waals surface area contributed by atoms with Crippen LogP contribution in [0.15, 0.2) is 47.7 Å². The van der Waals surface area contributed by atoms with Crippen LogP contribution in [-0.4, -0.2) is 18.8 Å². The van der Waals surface area contributed by atoms with E-state index in [9.17, 15) is 9.59 Å². The Morgan fingerprint density at radius 3 is 2.91 bits per heavy atom. The van der Waals surface area contributed by atoms with Crippen molar-refractivity contribution in [1.29, 1.82) is 0 Å². The van der Waals surface area contributed by atoms with E-state index < -0.39 is 6.09 Å². The van der Waals surface area contributed by atoms with Gasteiger partial charge >= 0.3 is 6.09 Å². The first-order valence-electron chi connectivity index (χ1n) is 7.16. The summed E-state index contributed by atoms with van der Waals surface area (Å²) >= 11 is 0. The van der Waals surface area contributed by atoms with Gasteiger partial charge in [-0.25, -0.2) is 14.2 Å². The Bertz CT molecular complexity index is 752. The molecule has 0 aliphatic heterocycles. The van der Waals surface area contributed by atoms with Gasteiger partial charge in [-0.15, -0.1) is 0 Å². The van der Waals surface area contributed by atoms with Crippen LogP contribution in [0, 0.1) is 13.8 Å². The summed E-state index contributed by atoms with van der Waals surface area (Å²) in [6, 6.07) is 9.01. The number of anilines is 1. The lowest BCUT2D eigenvalue weighted by Crippen LogP contribution is -2.36. The molecule has 0 aliphatic rings. The minimum atomic E-state index is -0.553. The maximum atomic E-state index is 11.8. The maximum Gasteiger partial charge on any atom is 0.411 e. The number of hydrogen-bond acceptors (Lipinski definition) is 4. The second-order valence-corrected chi connectivity index (χ2v) is 5.08. The Hall–Kier alpha value is -2.98. The van der Waals surface area contributed by atoms with Gasteiger partial charge in [-0.2, -0.15) is 4.99 Å². The van der Waals surface area contributed by atoms with E-state index in [4.69, 9.17) is 4.74 Å². The molecule has 1 aromatic heterocycles. The average molecular weight is 312 g/mol. The standard InChI is InChI=1S/C17H17N3O3/c1-13-4-3-7-20(11-13)8-9-23-17(22)19-15-6-5-14(2)16(10-15)18-12-21/h3-7,10-11H,8-9H2,1-2H3/p+1. The van der Waals surface area contributed by atoms with E-state index in [-0.39, 0.29) is 6.61 Å². The van der Waals surface area contributed by atoms with Crippen LogP contribution in [0.25, 0.3) is 0 Å². The van der Waals surface area contributed by atoms with Crippen molar-refractivity contribution in [2.24, 2.45) is 4.99 Å². The highest BCUT2D eigenvalue weighted by Crippen LogP contribution is 2.22. The van der Waals surface area contributed by atoms with Crippen molar-refractivity contribution >= 4 is 23.5 Å². The van der Waals surface area contributed by atoms with Gasteiger partial charge in [0.1, 0.15) is 0 Å².